The number of amides is 1. The minimum Gasteiger partial charge on any atom is -0.496 e. The molecule has 0 aliphatic heterocycles. The van der Waals surface area contributed by atoms with E-state index in [0.29, 0.717) is 6.54 Å². The molecule has 0 unspecified atom stereocenters. The first-order valence-corrected chi connectivity index (χ1v) is 10.1. The van der Waals surface area contributed by atoms with Gasteiger partial charge in [-0.05, 0) is 31.3 Å². The van der Waals surface area contributed by atoms with Crippen LogP contribution in [0.2, 0.25) is 5.02 Å². The minimum absolute atomic E-state index is 0.0968. The number of para-hydroxylation sites is 1. The van der Waals surface area contributed by atoms with E-state index in [4.69, 9.17) is 16.3 Å². The number of carbonyl (C=O) groups excluding carboxylic acids is 1. The van der Waals surface area contributed by atoms with Crippen molar-refractivity contribution in [2.45, 2.75) is 11.4 Å². The zero-order valence-corrected chi connectivity index (χ0v) is 16.4. The molecule has 0 saturated carbocycles. The van der Waals surface area contributed by atoms with Crippen LogP contribution in [0, 0.1) is 0 Å². The molecule has 0 heterocycles. The SMILES string of the molecule is COc1ccccc1CN(C)CC(=O)Nc1cc(S(C)(=O)=O)ccc1Cl. The van der Waals surface area contributed by atoms with Gasteiger partial charge in [-0.3, -0.25) is 9.69 Å². The fourth-order valence-electron chi connectivity index (χ4n) is 2.45. The Morgan fingerprint density at radius 2 is 1.92 bits per heavy atom. The first-order chi connectivity index (χ1) is 12.2. The highest BCUT2D eigenvalue weighted by molar-refractivity contribution is 7.90. The molecule has 0 atom stereocenters. The van der Waals surface area contributed by atoms with E-state index in [1.165, 1.54) is 18.2 Å². The van der Waals surface area contributed by atoms with Crippen molar-refractivity contribution in [2.24, 2.45) is 0 Å². The maximum Gasteiger partial charge on any atom is 0.238 e. The van der Waals surface area contributed by atoms with Gasteiger partial charge < -0.3 is 10.1 Å². The molecule has 0 aliphatic rings. The Hall–Kier alpha value is -2.09. The standard InChI is InChI=1S/C18H21ClN2O4S/c1-21(11-13-6-4-5-7-17(13)25-2)12-18(22)20-16-10-14(26(3,23)24)8-9-15(16)19/h4-10H,11-12H2,1-3H3,(H,20,22). The smallest absolute Gasteiger partial charge is 0.238 e. The van der Waals surface area contributed by atoms with Gasteiger partial charge in [0.15, 0.2) is 9.84 Å². The van der Waals surface area contributed by atoms with Crippen molar-refractivity contribution < 1.29 is 17.9 Å². The third-order valence-corrected chi connectivity index (χ3v) is 5.13. The van der Waals surface area contributed by atoms with E-state index in [0.717, 1.165) is 17.6 Å². The fraction of sp³-hybridized carbons (Fsp3) is 0.278. The van der Waals surface area contributed by atoms with E-state index in [-0.39, 0.29) is 28.1 Å². The summed E-state index contributed by atoms with van der Waals surface area (Å²) in [6.07, 6.45) is 1.10. The second kappa shape index (κ2) is 8.53. The summed E-state index contributed by atoms with van der Waals surface area (Å²) >= 11 is 6.06. The van der Waals surface area contributed by atoms with E-state index in [1.807, 2.05) is 29.2 Å². The second-order valence-corrected chi connectivity index (χ2v) is 8.37. The van der Waals surface area contributed by atoms with Crippen molar-refractivity contribution in [1.29, 1.82) is 0 Å². The van der Waals surface area contributed by atoms with Gasteiger partial charge in [0.2, 0.25) is 5.91 Å². The molecule has 1 amide bonds. The molecule has 0 saturated heterocycles. The largest absolute Gasteiger partial charge is 0.496 e. The number of benzene rings is 2. The molecular formula is C18H21ClN2O4S. The number of ether oxygens (including phenoxy) is 1. The highest BCUT2D eigenvalue weighted by Gasteiger charge is 2.14. The predicted molar refractivity (Wildman–Crippen MR) is 103 cm³/mol. The Morgan fingerprint density at radius 3 is 2.58 bits per heavy atom. The molecule has 0 aromatic heterocycles. The molecule has 8 heteroatoms. The van der Waals surface area contributed by atoms with Gasteiger partial charge in [-0.15, -0.1) is 0 Å². The van der Waals surface area contributed by atoms with Crippen LogP contribution in [-0.2, 0) is 21.2 Å². The Bertz CT molecular complexity index is 900. The molecule has 0 bridgehead atoms. The molecule has 1 N–H and O–H groups in total. The van der Waals surface area contributed by atoms with Gasteiger partial charge in [-0.25, -0.2) is 8.42 Å². The number of anilines is 1. The summed E-state index contributed by atoms with van der Waals surface area (Å²) in [4.78, 5) is 14.2. The lowest BCUT2D eigenvalue weighted by Crippen LogP contribution is -2.30. The molecule has 140 valence electrons. The summed E-state index contributed by atoms with van der Waals surface area (Å²) in [6.45, 7) is 0.631. The minimum atomic E-state index is -3.38. The molecule has 2 aromatic carbocycles. The predicted octanol–water partition coefficient (Wildman–Crippen LogP) is 2.82. The molecule has 0 aliphatic carbocycles. The van der Waals surface area contributed by atoms with Crippen LogP contribution in [-0.4, -0.2) is 46.2 Å². The number of likely N-dealkylation sites (N-methyl/N-ethyl adjacent to an activating group) is 1. The van der Waals surface area contributed by atoms with Gasteiger partial charge in [-0.1, -0.05) is 29.8 Å². The lowest BCUT2D eigenvalue weighted by Gasteiger charge is -2.18. The topological polar surface area (TPSA) is 75.7 Å². The quantitative estimate of drug-likeness (QED) is 0.778. The maximum absolute atomic E-state index is 12.3. The Labute approximate surface area is 158 Å². The number of halogens is 1. The number of sulfone groups is 1. The second-order valence-electron chi connectivity index (χ2n) is 5.95. The summed E-state index contributed by atoms with van der Waals surface area (Å²) in [5.41, 5.74) is 1.23. The third-order valence-electron chi connectivity index (χ3n) is 3.69. The molecule has 0 radical (unpaired) electrons. The number of nitrogens with zero attached hydrogens (tertiary/aromatic N) is 1. The number of nitrogens with one attached hydrogen (secondary N) is 1. The van der Waals surface area contributed by atoms with Gasteiger partial charge in [0.1, 0.15) is 5.75 Å². The van der Waals surface area contributed by atoms with Gasteiger partial charge in [0, 0.05) is 18.4 Å². The molecule has 2 aromatic rings. The molecular weight excluding hydrogens is 376 g/mol. The molecule has 0 fully saturated rings. The summed E-state index contributed by atoms with van der Waals surface area (Å²) in [5, 5.41) is 2.94. The van der Waals surface area contributed by atoms with E-state index >= 15 is 0 Å². The van der Waals surface area contributed by atoms with Crippen LogP contribution in [0.5, 0.6) is 5.75 Å². The third kappa shape index (κ3) is 5.45. The summed E-state index contributed by atoms with van der Waals surface area (Å²) in [6, 6.07) is 11.8. The lowest BCUT2D eigenvalue weighted by atomic mass is 10.2. The fourth-order valence-corrected chi connectivity index (χ4v) is 3.26. The van der Waals surface area contributed by atoms with Crippen LogP contribution in [0.4, 0.5) is 5.69 Å². The number of hydrogen-bond acceptors (Lipinski definition) is 5. The van der Waals surface area contributed by atoms with E-state index in [9.17, 15) is 13.2 Å². The van der Waals surface area contributed by atoms with Crippen LogP contribution in [0.1, 0.15) is 5.56 Å². The van der Waals surface area contributed by atoms with Crippen LogP contribution < -0.4 is 10.1 Å². The molecule has 6 nitrogen and oxygen atoms in total. The van der Waals surface area contributed by atoms with Crippen molar-refractivity contribution in [1.82, 2.24) is 4.90 Å². The summed E-state index contributed by atoms with van der Waals surface area (Å²) < 4.78 is 28.6. The van der Waals surface area contributed by atoms with Crippen molar-refractivity contribution in [2.75, 3.05) is 32.3 Å². The number of rotatable bonds is 7. The highest BCUT2D eigenvalue weighted by Crippen LogP contribution is 2.25. The molecule has 26 heavy (non-hydrogen) atoms. The van der Waals surface area contributed by atoms with Gasteiger partial charge in [0.05, 0.1) is 29.3 Å². The monoisotopic (exact) mass is 396 g/mol. The van der Waals surface area contributed by atoms with E-state index < -0.39 is 9.84 Å². The summed E-state index contributed by atoms with van der Waals surface area (Å²) in [7, 11) is 0.0220. The Morgan fingerprint density at radius 1 is 1.23 bits per heavy atom. The highest BCUT2D eigenvalue weighted by atomic mass is 35.5. The lowest BCUT2D eigenvalue weighted by molar-refractivity contribution is -0.117. The van der Waals surface area contributed by atoms with Crippen molar-refractivity contribution >= 4 is 33.0 Å². The van der Waals surface area contributed by atoms with Crippen LogP contribution in [0.25, 0.3) is 0 Å². The number of carbonyl (C=O) groups is 1. The van der Waals surface area contributed by atoms with Crippen LogP contribution in [0.15, 0.2) is 47.4 Å². The van der Waals surface area contributed by atoms with Gasteiger partial charge in [-0.2, -0.15) is 0 Å². The molecule has 2 rings (SSSR count). The Kier molecular flexibility index (Phi) is 6.63. The van der Waals surface area contributed by atoms with Crippen molar-refractivity contribution in [3.05, 3.63) is 53.1 Å². The first-order valence-electron chi connectivity index (χ1n) is 7.80. The van der Waals surface area contributed by atoms with Gasteiger partial charge >= 0.3 is 0 Å². The maximum atomic E-state index is 12.3. The zero-order valence-electron chi connectivity index (χ0n) is 14.8. The van der Waals surface area contributed by atoms with Crippen LogP contribution >= 0.6 is 11.6 Å². The zero-order chi connectivity index (χ0) is 19.3. The first kappa shape index (κ1) is 20.2. The van der Waals surface area contributed by atoms with E-state index in [2.05, 4.69) is 5.32 Å². The Balaban J connectivity index is 2.04. The average Bonchev–Trinajstić information content (AvgIpc) is 2.56. The average molecular weight is 397 g/mol. The molecule has 0 spiro atoms. The van der Waals surface area contributed by atoms with Gasteiger partial charge in [0.25, 0.3) is 0 Å². The van der Waals surface area contributed by atoms with Crippen LogP contribution in [0.3, 0.4) is 0 Å². The van der Waals surface area contributed by atoms with Crippen molar-refractivity contribution in [3.8, 4) is 5.75 Å². The summed E-state index contributed by atoms with van der Waals surface area (Å²) in [5.74, 6) is 0.457. The number of hydrogen-bond donors (Lipinski definition) is 1. The van der Waals surface area contributed by atoms with Crippen molar-refractivity contribution in [3.63, 3.8) is 0 Å². The normalized spacial score (nSPS) is 11.4. The number of methoxy groups -OCH3 is 1. The van der Waals surface area contributed by atoms with E-state index in [1.54, 1.807) is 14.2 Å².